The largest absolute Gasteiger partial charge is 0.480 e. The van der Waals surface area contributed by atoms with E-state index in [1.54, 1.807) is 28.8 Å². The number of hydrogen-bond donors (Lipinski definition) is 2. The molecule has 0 aliphatic heterocycles. The lowest BCUT2D eigenvalue weighted by atomic mass is 9.98. The number of pyridine rings is 1. The fourth-order valence-electron chi connectivity index (χ4n) is 5.28. The lowest BCUT2D eigenvalue weighted by molar-refractivity contribution is -0.139. The van der Waals surface area contributed by atoms with E-state index in [0.717, 1.165) is 26.7 Å². The maximum atomic E-state index is 13.6. The first kappa shape index (κ1) is 25.8. The Hall–Kier alpha value is -4.50. The van der Waals surface area contributed by atoms with Crippen LogP contribution < -0.4 is 5.32 Å². The molecule has 0 saturated carbocycles. The van der Waals surface area contributed by atoms with Crippen molar-refractivity contribution in [2.45, 2.75) is 18.4 Å². The van der Waals surface area contributed by atoms with Gasteiger partial charge in [0.05, 0.1) is 11.4 Å². The monoisotopic (exact) mass is 599 g/mol. The van der Waals surface area contributed by atoms with Crippen molar-refractivity contribution in [1.82, 2.24) is 14.7 Å². The van der Waals surface area contributed by atoms with Crippen molar-refractivity contribution in [3.63, 3.8) is 0 Å². The highest BCUT2D eigenvalue weighted by molar-refractivity contribution is 9.10. The molecule has 0 saturated heterocycles. The molecule has 1 amide bonds. The standard InChI is InChI=1S/C31H23BrFN3O4/c32-19-11-14-28-35-29(18-9-12-20(33)13-10-18)27(36(28)16-19)15-26(30(37)38)34-31(39)40-17-25-23-7-3-1-5-21(23)22-6-2-4-8-24(22)25/h1-14,16,25-26H,15,17H2,(H,34,39)(H,37,38). The number of aromatic nitrogens is 2. The smallest absolute Gasteiger partial charge is 0.407 e. The lowest BCUT2D eigenvalue weighted by Gasteiger charge is -2.18. The second kappa shape index (κ2) is 10.6. The lowest BCUT2D eigenvalue weighted by Crippen LogP contribution is -2.43. The number of hydrogen-bond acceptors (Lipinski definition) is 4. The van der Waals surface area contributed by atoms with Crippen molar-refractivity contribution in [3.05, 3.63) is 118 Å². The number of rotatable bonds is 7. The molecule has 1 unspecified atom stereocenters. The average Bonchev–Trinajstić information content (AvgIpc) is 3.47. The van der Waals surface area contributed by atoms with E-state index in [1.807, 2.05) is 54.6 Å². The average molecular weight is 600 g/mol. The van der Waals surface area contributed by atoms with Crippen LogP contribution in [0, 0.1) is 5.82 Å². The van der Waals surface area contributed by atoms with Gasteiger partial charge in [-0.3, -0.25) is 0 Å². The second-order valence-corrected chi connectivity index (χ2v) is 10.5. The Morgan fingerprint density at radius 1 is 0.975 bits per heavy atom. The van der Waals surface area contributed by atoms with E-state index in [-0.39, 0.29) is 18.9 Å². The van der Waals surface area contributed by atoms with E-state index in [2.05, 4.69) is 26.2 Å². The first-order chi connectivity index (χ1) is 19.4. The van der Waals surface area contributed by atoms with Gasteiger partial charge in [-0.05, 0) is 74.6 Å². The molecule has 40 heavy (non-hydrogen) atoms. The van der Waals surface area contributed by atoms with Crippen LogP contribution >= 0.6 is 15.9 Å². The summed E-state index contributed by atoms with van der Waals surface area (Å²) in [6.45, 7) is 0.0651. The topological polar surface area (TPSA) is 92.9 Å². The van der Waals surface area contributed by atoms with Gasteiger partial charge in [-0.15, -0.1) is 0 Å². The molecular weight excluding hydrogens is 577 g/mol. The summed E-state index contributed by atoms with van der Waals surface area (Å²) in [5.74, 6) is -1.76. The van der Waals surface area contributed by atoms with Crippen LogP contribution in [0.25, 0.3) is 28.0 Å². The number of carbonyl (C=O) groups excluding carboxylic acids is 1. The first-order valence-electron chi connectivity index (χ1n) is 12.7. The molecule has 2 aromatic heterocycles. The Balaban J connectivity index is 1.24. The zero-order valence-electron chi connectivity index (χ0n) is 21.1. The summed E-state index contributed by atoms with van der Waals surface area (Å²) in [6.07, 6.45) is 0.869. The second-order valence-electron chi connectivity index (χ2n) is 9.55. The highest BCUT2D eigenvalue weighted by Gasteiger charge is 2.30. The Bertz CT molecular complexity index is 1710. The number of fused-ring (bicyclic) bond motifs is 4. The third-order valence-corrected chi connectivity index (χ3v) is 7.60. The van der Waals surface area contributed by atoms with Crippen LogP contribution in [-0.2, 0) is 16.0 Å². The summed E-state index contributed by atoms with van der Waals surface area (Å²) >= 11 is 3.45. The summed E-state index contributed by atoms with van der Waals surface area (Å²) in [6, 6.07) is 24.1. The SMILES string of the molecule is O=C(NC(Cc1c(-c2ccc(F)cc2)nc2ccc(Br)cn12)C(=O)O)OCC1c2ccccc2-c2ccccc21. The molecule has 2 heterocycles. The van der Waals surface area contributed by atoms with Crippen molar-refractivity contribution in [3.8, 4) is 22.4 Å². The highest BCUT2D eigenvalue weighted by atomic mass is 79.9. The molecule has 1 atom stereocenters. The van der Waals surface area contributed by atoms with Crippen LogP contribution in [0.4, 0.5) is 9.18 Å². The van der Waals surface area contributed by atoms with Crippen molar-refractivity contribution < 1.29 is 23.8 Å². The number of ether oxygens (including phenoxy) is 1. The van der Waals surface area contributed by atoms with Crippen LogP contribution in [0.1, 0.15) is 22.7 Å². The van der Waals surface area contributed by atoms with E-state index in [4.69, 9.17) is 4.74 Å². The normalized spacial score (nSPS) is 13.1. The van der Waals surface area contributed by atoms with Crippen LogP contribution in [-0.4, -0.2) is 39.2 Å². The maximum absolute atomic E-state index is 13.6. The number of imidazole rings is 1. The number of nitrogens with one attached hydrogen (secondary N) is 1. The number of carboxylic acid groups (broad SMARTS) is 1. The number of halogens is 2. The van der Waals surface area contributed by atoms with Gasteiger partial charge in [0.25, 0.3) is 0 Å². The van der Waals surface area contributed by atoms with Crippen molar-refractivity contribution in [2.24, 2.45) is 0 Å². The van der Waals surface area contributed by atoms with Gasteiger partial charge in [-0.25, -0.2) is 19.0 Å². The number of amides is 1. The van der Waals surface area contributed by atoms with Crippen LogP contribution in [0.15, 0.2) is 95.6 Å². The summed E-state index contributed by atoms with van der Waals surface area (Å²) in [4.78, 5) is 29.9. The van der Waals surface area contributed by atoms with Gasteiger partial charge in [0, 0.05) is 28.6 Å². The summed E-state index contributed by atoms with van der Waals surface area (Å²) in [5, 5.41) is 12.5. The molecule has 0 fully saturated rings. The molecule has 200 valence electrons. The fraction of sp³-hybridized carbons (Fsp3) is 0.129. The molecule has 1 aliphatic rings. The zero-order chi connectivity index (χ0) is 27.8. The van der Waals surface area contributed by atoms with Gasteiger partial charge in [-0.1, -0.05) is 48.5 Å². The van der Waals surface area contributed by atoms with Crippen molar-refractivity contribution in [2.75, 3.05) is 6.61 Å². The minimum atomic E-state index is -1.30. The molecule has 3 aromatic carbocycles. The number of benzene rings is 3. The van der Waals surface area contributed by atoms with E-state index in [1.165, 1.54) is 12.1 Å². The summed E-state index contributed by atoms with van der Waals surface area (Å²) < 4.78 is 21.7. The molecule has 0 spiro atoms. The predicted molar refractivity (Wildman–Crippen MR) is 152 cm³/mol. The minimum absolute atomic E-state index is 0.0651. The zero-order valence-corrected chi connectivity index (χ0v) is 22.6. The van der Waals surface area contributed by atoms with E-state index in [9.17, 15) is 19.1 Å². The number of aliphatic carboxylic acids is 1. The van der Waals surface area contributed by atoms with Gasteiger partial charge in [0.15, 0.2) is 0 Å². The molecule has 1 aliphatic carbocycles. The number of carboxylic acids is 1. The van der Waals surface area contributed by atoms with Crippen molar-refractivity contribution >= 4 is 33.6 Å². The van der Waals surface area contributed by atoms with E-state index in [0.29, 0.717) is 22.6 Å². The maximum Gasteiger partial charge on any atom is 0.407 e. The van der Waals surface area contributed by atoms with Gasteiger partial charge < -0.3 is 19.6 Å². The molecule has 5 aromatic rings. The number of carbonyl (C=O) groups is 2. The van der Waals surface area contributed by atoms with Gasteiger partial charge in [0.1, 0.15) is 24.1 Å². The molecule has 0 radical (unpaired) electrons. The highest BCUT2D eigenvalue weighted by Crippen LogP contribution is 2.44. The number of alkyl carbamates (subject to hydrolysis) is 1. The third-order valence-electron chi connectivity index (χ3n) is 7.13. The predicted octanol–water partition coefficient (Wildman–Crippen LogP) is 6.44. The molecule has 6 rings (SSSR count). The minimum Gasteiger partial charge on any atom is -0.480 e. The fourth-order valence-corrected chi connectivity index (χ4v) is 5.61. The van der Waals surface area contributed by atoms with Crippen molar-refractivity contribution in [1.29, 1.82) is 0 Å². The molecular formula is C31H23BrFN3O4. The first-order valence-corrected chi connectivity index (χ1v) is 13.4. The molecule has 2 N–H and O–H groups in total. The van der Waals surface area contributed by atoms with Crippen LogP contribution in [0.5, 0.6) is 0 Å². The Morgan fingerprint density at radius 2 is 1.62 bits per heavy atom. The van der Waals surface area contributed by atoms with Gasteiger partial charge >= 0.3 is 12.1 Å². The van der Waals surface area contributed by atoms with E-state index >= 15 is 0 Å². The summed E-state index contributed by atoms with van der Waals surface area (Å²) in [5.41, 5.74) is 6.58. The van der Waals surface area contributed by atoms with Crippen LogP contribution in [0.3, 0.4) is 0 Å². The van der Waals surface area contributed by atoms with Gasteiger partial charge in [0.2, 0.25) is 0 Å². The quantitative estimate of drug-likeness (QED) is 0.225. The molecule has 7 nitrogen and oxygen atoms in total. The Labute approximate surface area is 237 Å². The van der Waals surface area contributed by atoms with Gasteiger partial charge in [-0.2, -0.15) is 0 Å². The van der Waals surface area contributed by atoms with Crippen LogP contribution in [0.2, 0.25) is 0 Å². The Morgan fingerprint density at radius 3 is 2.27 bits per heavy atom. The molecule has 9 heteroatoms. The van der Waals surface area contributed by atoms with E-state index < -0.39 is 23.9 Å². The summed E-state index contributed by atoms with van der Waals surface area (Å²) in [7, 11) is 0. The Kier molecular flexibility index (Phi) is 6.81. The number of nitrogens with zero attached hydrogens (tertiary/aromatic N) is 2. The molecule has 0 bridgehead atoms. The third kappa shape index (κ3) is 4.84.